The highest BCUT2D eigenvalue weighted by atomic mass is 14.7. The van der Waals surface area contributed by atoms with E-state index < -0.39 is 0 Å². The molecule has 0 unspecified atom stereocenters. The van der Waals surface area contributed by atoms with E-state index in [-0.39, 0.29) is 0 Å². The second-order valence-corrected chi connectivity index (χ2v) is 3.07. The lowest BCUT2D eigenvalue weighted by Crippen LogP contribution is -1.96. The first-order valence-electron chi connectivity index (χ1n) is 4.26. The van der Waals surface area contributed by atoms with Gasteiger partial charge in [-0.1, -0.05) is 18.6 Å². The van der Waals surface area contributed by atoms with Crippen molar-refractivity contribution in [2.75, 3.05) is 0 Å². The Morgan fingerprint density at radius 1 is 1.45 bits per heavy atom. The molecule has 1 aliphatic carbocycles. The van der Waals surface area contributed by atoms with Crippen LogP contribution in [0.25, 0.3) is 6.08 Å². The first kappa shape index (κ1) is 6.71. The number of allylic oxidation sites excluding steroid dienone is 1. The summed E-state index contributed by atoms with van der Waals surface area (Å²) in [6.07, 6.45) is 7.98. The van der Waals surface area contributed by atoms with Crippen molar-refractivity contribution in [2.45, 2.75) is 26.2 Å². The predicted octanol–water partition coefficient (Wildman–Crippen LogP) is 2.75. The van der Waals surface area contributed by atoms with Crippen molar-refractivity contribution in [2.24, 2.45) is 0 Å². The molecule has 0 spiro atoms. The van der Waals surface area contributed by atoms with Gasteiger partial charge in [-0.2, -0.15) is 0 Å². The monoisotopic (exact) mass is 147 g/mol. The van der Waals surface area contributed by atoms with Gasteiger partial charge in [-0.15, -0.1) is 0 Å². The lowest BCUT2D eigenvalue weighted by molar-refractivity contribution is 0.856. The van der Waals surface area contributed by atoms with Gasteiger partial charge in [-0.05, 0) is 30.9 Å². The van der Waals surface area contributed by atoms with Crippen LogP contribution in [-0.2, 0) is 6.42 Å². The number of rotatable bonds is 1. The fourth-order valence-electron chi connectivity index (χ4n) is 1.62. The molecule has 1 N–H and O–H groups in total. The molecular formula is C10H13N. The molecule has 1 heterocycles. The number of H-pyrrole nitrogens is 1. The molecule has 0 atom stereocenters. The van der Waals surface area contributed by atoms with Crippen LogP contribution in [-0.4, -0.2) is 4.98 Å². The molecule has 1 nitrogen and oxygen atoms in total. The standard InChI is InChI=1S/C10H13N/c1-2-8-3-4-10-9(7-8)5-6-11-10/h5-7,11H,2-4H2,1H3. The molecule has 0 fully saturated rings. The first-order valence-corrected chi connectivity index (χ1v) is 4.26. The molecule has 0 bridgehead atoms. The molecule has 11 heavy (non-hydrogen) atoms. The Bertz CT molecular complexity index is 281. The van der Waals surface area contributed by atoms with Crippen LogP contribution >= 0.6 is 0 Å². The van der Waals surface area contributed by atoms with Gasteiger partial charge in [-0.25, -0.2) is 0 Å². The number of hydrogen-bond acceptors (Lipinski definition) is 0. The van der Waals surface area contributed by atoms with Gasteiger partial charge in [0.1, 0.15) is 0 Å². The summed E-state index contributed by atoms with van der Waals surface area (Å²) in [7, 11) is 0. The molecule has 0 aliphatic heterocycles. The van der Waals surface area contributed by atoms with Crippen LogP contribution in [0.5, 0.6) is 0 Å². The zero-order chi connectivity index (χ0) is 7.68. The van der Waals surface area contributed by atoms with Crippen molar-refractivity contribution in [3.8, 4) is 0 Å². The predicted molar refractivity (Wildman–Crippen MR) is 47.4 cm³/mol. The maximum atomic E-state index is 3.26. The van der Waals surface area contributed by atoms with E-state index in [1.54, 1.807) is 5.57 Å². The quantitative estimate of drug-likeness (QED) is 0.628. The fraction of sp³-hybridized carbons (Fsp3) is 0.400. The lowest BCUT2D eigenvalue weighted by atomic mass is 9.96. The van der Waals surface area contributed by atoms with Crippen molar-refractivity contribution in [1.82, 2.24) is 4.98 Å². The number of nitrogens with one attached hydrogen (secondary N) is 1. The summed E-state index contributed by atoms with van der Waals surface area (Å²) in [4.78, 5) is 3.26. The summed E-state index contributed by atoms with van der Waals surface area (Å²) in [6, 6.07) is 2.16. The lowest BCUT2D eigenvalue weighted by Gasteiger charge is -2.10. The van der Waals surface area contributed by atoms with E-state index in [0.29, 0.717) is 0 Å². The van der Waals surface area contributed by atoms with Crippen molar-refractivity contribution < 1.29 is 0 Å². The minimum atomic E-state index is 1.20. The Kier molecular flexibility index (Phi) is 1.57. The second kappa shape index (κ2) is 2.57. The van der Waals surface area contributed by atoms with E-state index >= 15 is 0 Å². The highest BCUT2D eigenvalue weighted by molar-refractivity contribution is 5.57. The normalized spacial score (nSPS) is 15.9. The van der Waals surface area contributed by atoms with Gasteiger partial charge in [0.2, 0.25) is 0 Å². The highest BCUT2D eigenvalue weighted by Gasteiger charge is 2.08. The van der Waals surface area contributed by atoms with E-state index in [2.05, 4.69) is 24.1 Å². The number of hydrogen-bond donors (Lipinski definition) is 1. The van der Waals surface area contributed by atoms with E-state index in [4.69, 9.17) is 0 Å². The summed E-state index contributed by atoms with van der Waals surface area (Å²) < 4.78 is 0. The maximum absolute atomic E-state index is 3.26. The topological polar surface area (TPSA) is 15.8 Å². The Labute approximate surface area is 67.1 Å². The number of aryl methyl sites for hydroxylation is 1. The zero-order valence-corrected chi connectivity index (χ0v) is 6.85. The van der Waals surface area contributed by atoms with Gasteiger partial charge in [0.25, 0.3) is 0 Å². The SMILES string of the molecule is CCC1=Cc2cc[nH]c2CC1. The molecular weight excluding hydrogens is 134 g/mol. The van der Waals surface area contributed by atoms with E-state index in [1.807, 2.05) is 6.20 Å². The van der Waals surface area contributed by atoms with Gasteiger partial charge in [-0.3, -0.25) is 0 Å². The molecule has 0 radical (unpaired) electrons. The van der Waals surface area contributed by atoms with Gasteiger partial charge in [0, 0.05) is 11.9 Å². The summed E-state index contributed by atoms with van der Waals surface area (Å²) in [5.41, 5.74) is 4.38. The zero-order valence-electron chi connectivity index (χ0n) is 6.85. The van der Waals surface area contributed by atoms with E-state index in [1.165, 1.54) is 30.5 Å². The Morgan fingerprint density at radius 2 is 2.36 bits per heavy atom. The van der Waals surface area contributed by atoms with Crippen LogP contribution in [0, 0.1) is 0 Å². The molecule has 2 rings (SSSR count). The fourth-order valence-corrected chi connectivity index (χ4v) is 1.62. The molecule has 1 aromatic heterocycles. The molecule has 0 amide bonds. The van der Waals surface area contributed by atoms with Gasteiger partial charge >= 0.3 is 0 Å². The van der Waals surface area contributed by atoms with Gasteiger partial charge in [0.05, 0.1) is 0 Å². The number of aromatic amines is 1. The minimum absolute atomic E-state index is 1.20. The first-order chi connectivity index (χ1) is 5.40. The smallest absolute Gasteiger partial charge is 0.0223 e. The molecule has 0 aromatic carbocycles. The molecule has 1 heteroatoms. The average molecular weight is 147 g/mol. The van der Waals surface area contributed by atoms with E-state index in [9.17, 15) is 0 Å². The van der Waals surface area contributed by atoms with Crippen molar-refractivity contribution in [3.63, 3.8) is 0 Å². The van der Waals surface area contributed by atoms with Crippen LogP contribution in [0.1, 0.15) is 31.0 Å². The van der Waals surface area contributed by atoms with Crippen LogP contribution in [0.3, 0.4) is 0 Å². The maximum Gasteiger partial charge on any atom is 0.0223 e. The molecule has 58 valence electrons. The number of aromatic nitrogens is 1. The summed E-state index contributed by atoms with van der Waals surface area (Å²) in [6.45, 7) is 2.23. The summed E-state index contributed by atoms with van der Waals surface area (Å²) in [5, 5.41) is 0. The third kappa shape index (κ3) is 1.11. The summed E-state index contributed by atoms with van der Waals surface area (Å²) >= 11 is 0. The largest absolute Gasteiger partial charge is 0.364 e. The van der Waals surface area contributed by atoms with Gasteiger partial charge < -0.3 is 4.98 Å². The Morgan fingerprint density at radius 3 is 3.18 bits per heavy atom. The number of fused-ring (bicyclic) bond motifs is 1. The van der Waals surface area contributed by atoms with Crippen molar-refractivity contribution >= 4 is 6.08 Å². The third-order valence-corrected chi connectivity index (χ3v) is 2.38. The van der Waals surface area contributed by atoms with Crippen molar-refractivity contribution in [3.05, 3.63) is 29.1 Å². The van der Waals surface area contributed by atoms with Crippen LogP contribution in [0.15, 0.2) is 17.8 Å². The third-order valence-electron chi connectivity index (χ3n) is 2.38. The molecule has 0 saturated heterocycles. The Balaban J connectivity index is 2.37. The van der Waals surface area contributed by atoms with E-state index in [0.717, 1.165) is 0 Å². The second-order valence-electron chi connectivity index (χ2n) is 3.07. The summed E-state index contributed by atoms with van der Waals surface area (Å²) in [5.74, 6) is 0. The van der Waals surface area contributed by atoms with Crippen LogP contribution in [0.4, 0.5) is 0 Å². The van der Waals surface area contributed by atoms with Crippen molar-refractivity contribution in [1.29, 1.82) is 0 Å². The minimum Gasteiger partial charge on any atom is -0.364 e. The highest BCUT2D eigenvalue weighted by Crippen LogP contribution is 2.23. The molecule has 0 saturated carbocycles. The van der Waals surface area contributed by atoms with Gasteiger partial charge in [0.15, 0.2) is 0 Å². The average Bonchev–Trinajstić information content (AvgIpc) is 2.50. The van der Waals surface area contributed by atoms with Crippen LogP contribution < -0.4 is 0 Å². The molecule has 1 aromatic rings. The Hall–Kier alpha value is -0.980. The molecule has 1 aliphatic rings. The van der Waals surface area contributed by atoms with Crippen LogP contribution in [0.2, 0.25) is 0 Å².